The number of rotatable bonds is 9. The van der Waals surface area contributed by atoms with Crippen LogP contribution >= 0.6 is 23.2 Å². The van der Waals surface area contributed by atoms with Crippen LogP contribution in [-0.2, 0) is 4.74 Å². The van der Waals surface area contributed by atoms with Gasteiger partial charge >= 0.3 is 0 Å². The Balaban J connectivity index is 1.50. The number of nitrogens with one attached hydrogen (secondary N) is 4. The monoisotopic (exact) mass is 512 g/mol. The quantitative estimate of drug-likeness (QED) is 0.207. The first kappa shape index (κ1) is 27.8. The van der Waals surface area contributed by atoms with E-state index in [1.165, 1.54) is 0 Å². The molecule has 0 amide bonds. The standard InChI is InChI=1S/C23H43Cl2FN4O3/c1-4-19(32)29-16-7-5-6-12(2)22(16)30-23-27-10-13(11-28-23)15(26)8-14-20(24)17(31)9-18(33-3)21(14)25/h12-23,27-32H,4-11H2,1-3H3. The molecule has 2 saturated carbocycles. The van der Waals surface area contributed by atoms with Crippen LogP contribution in [0.3, 0.4) is 0 Å². The van der Waals surface area contributed by atoms with E-state index in [9.17, 15) is 10.2 Å². The molecule has 33 heavy (non-hydrogen) atoms. The van der Waals surface area contributed by atoms with Gasteiger partial charge in [-0.25, -0.2) is 4.39 Å². The van der Waals surface area contributed by atoms with Crippen molar-refractivity contribution >= 4 is 23.2 Å². The van der Waals surface area contributed by atoms with E-state index in [-0.39, 0.29) is 42.7 Å². The first-order valence-corrected chi connectivity index (χ1v) is 13.4. The average molecular weight is 514 g/mol. The van der Waals surface area contributed by atoms with Crippen LogP contribution in [0.25, 0.3) is 0 Å². The lowest BCUT2D eigenvalue weighted by Gasteiger charge is -2.43. The molecule has 0 spiro atoms. The van der Waals surface area contributed by atoms with Crippen LogP contribution in [0.1, 0.15) is 52.4 Å². The summed E-state index contributed by atoms with van der Waals surface area (Å²) in [6, 6.07) is 0.415. The van der Waals surface area contributed by atoms with Gasteiger partial charge in [0.25, 0.3) is 0 Å². The lowest BCUT2D eigenvalue weighted by Crippen LogP contribution is -2.67. The topological polar surface area (TPSA) is 97.8 Å². The Labute approximate surface area is 207 Å². The number of hydrogen-bond donors (Lipinski definition) is 6. The number of hydrogen-bond acceptors (Lipinski definition) is 7. The number of alkyl halides is 3. The van der Waals surface area contributed by atoms with Crippen LogP contribution in [0.15, 0.2) is 0 Å². The minimum atomic E-state index is -1.09. The van der Waals surface area contributed by atoms with Gasteiger partial charge in [0.05, 0.1) is 23.0 Å². The van der Waals surface area contributed by atoms with Crippen molar-refractivity contribution in [2.75, 3.05) is 20.2 Å². The Hall–Kier alpha value is 0.230. The normalized spacial score (nSPS) is 44.4. The summed E-state index contributed by atoms with van der Waals surface area (Å²) >= 11 is 13.0. The zero-order valence-electron chi connectivity index (χ0n) is 20.0. The SMILES string of the molecule is CCC(O)NC1CCCC(C)C1NC1NCC(C(F)CC2C(Cl)C(O)CC(OC)C2Cl)CN1. The highest BCUT2D eigenvalue weighted by atomic mass is 35.5. The van der Waals surface area contributed by atoms with Crippen LogP contribution in [-0.4, -0.2) is 84.1 Å². The molecule has 0 aromatic carbocycles. The van der Waals surface area contributed by atoms with Crippen LogP contribution in [0.5, 0.6) is 0 Å². The predicted octanol–water partition coefficient (Wildman–Crippen LogP) is 1.88. The Morgan fingerprint density at radius 3 is 2.52 bits per heavy atom. The van der Waals surface area contributed by atoms with Crippen molar-refractivity contribution in [3.63, 3.8) is 0 Å². The molecule has 3 fully saturated rings. The number of aliphatic hydroxyl groups excluding tert-OH is 2. The van der Waals surface area contributed by atoms with Crippen LogP contribution in [0.2, 0.25) is 0 Å². The summed E-state index contributed by atoms with van der Waals surface area (Å²) in [6.45, 7) is 5.27. The number of halogens is 3. The molecule has 6 N–H and O–H groups in total. The minimum Gasteiger partial charge on any atom is -0.391 e. The van der Waals surface area contributed by atoms with Gasteiger partial charge in [0.15, 0.2) is 0 Å². The first-order valence-electron chi connectivity index (χ1n) is 12.5. The molecule has 0 radical (unpaired) electrons. The number of aliphatic hydroxyl groups is 2. The maximum Gasteiger partial charge on any atom is 0.112 e. The Morgan fingerprint density at radius 1 is 1.18 bits per heavy atom. The molecule has 1 saturated heterocycles. The summed E-state index contributed by atoms with van der Waals surface area (Å²) in [4.78, 5) is 0. The van der Waals surface area contributed by atoms with Crippen molar-refractivity contribution in [1.29, 1.82) is 0 Å². The Morgan fingerprint density at radius 2 is 1.88 bits per heavy atom. The summed E-state index contributed by atoms with van der Waals surface area (Å²) < 4.78 is 20.7. The molecule has 10 atom stereocenters. The summed E-state index contributed by atoms with van der Waals surface area (Å²) in [5, 5.41) is 33.1. The molecule has 10 heteroatoms. The fraction of sp³-hybridized carbons (Fsp3) is 1.00. The van der Waals surface area contributed by atoms with Crippen LogP contribution < -0.4 is 21.3 Å². The van der Waals surface area contributed by atoms with E-state index < -0.39 is 29.3 Å². The summed E-state index contributed by atoms with van der Waals surface area (Å²) in [7, 11) is 1.56. The second-order valence-electron chi connectivity index (χ2n) is 10.2. The molecule has 0 aromatic rings. The van der Waals surface area contributed by atoms with Crippen molar-refractivity contribution in [2.45, 2.75) is 106 Å². The zero-order valence-corrected chi connectivity index (χ0v) is 21.5. The molecule has 194 valence electrons. The molecule has 10 unspecified atom stereocenters. The van der Waals surface area contributed by atoms with Crippen molar-refractivity contribution < 1.29 is 19.3 Å². The summed E-state index contributed by atoms with van der Waals surface area (Å²) in [5.74, 6) is -0.0911. The van der Waals surface area contributed by atoms with Crippen molar-refractivity contribution in [2.24, 2.45) is 17.8 Å². The molecule has 3 rings (SSSR count). The third-order valence-corrected chi connectivity index (χ3v) is 9.09. The fourth-order valence-electron chi connectivity index (χ4n) is 5.67. The average Bonchev–Trinajstić information content (AvgIpc) is 2.81. The number of methoxy groups -OCH3 is 1. The van der Waals surface area contributed by atoms with Gasteiger partial charge in [-0.15, -0.1) is 23.2 Å². The highest BCUT2D eigenvalue weighted by molar-refractivity contribution is 6.24. The first-order chi connectivity index (χ1) is 15.7. The Bertz CT molecular complexity index is 590. The van der Waals surface area contributed by atoms with E-state index in [1.807, 2.05) is 6.92 Å². The molecular weight excluding hydrogens is 470 g/mol. The van der Waals surface area contributed by atoms with Gasteiger partial charge in [0.2, 0.25) is 0 Å². The van der Waals surface area contributed by atoms with Crippen molar-refractivity contribution in [3.05, 3.63) is 0 Å². The van der Waals surface area contributed by atoms with E-state index in [0.29, 0.717) is 31.8 Å². The van der Waals surface area contributed by atoms with E-state index >= 15 is 4.39 Å². The van der Waals surface area contributed by atoms with Crippen molar-refractivity contribution in [3.8, 4) is 0 Å². The van der Waals surface area contributed by atoms with Gasteiger partial charge in [-0.05, 0) is 37.5 Å². The molecule has 3 aliphatic rings. The molecular formula is C23H43Cl2FN4O3. The highest BCUT2D eigenvalue weighted by Crippen LogP contribution is 2.38. The summed E-state index contributed by atoms with van der Waals surface area (Å²) in [6.07, 6.45) is 1.79. The predicted molar refractivity (Wildman–Crippen MR) is 130 cm³/mol. The second-order valence-corrected chi connectivity index (χ2v) is 11.2. The molecule has 1 aliphatic heterocycles. The molecule has 0 aromatic heterocycles. The maximum atomic E-state index is 15.3. The maximum absolute atomic E-state index is 15.3. The smallest absolute Gasteiger partial charge is 0.112 e. The van der Waals surface area contributed by atoms with Crippen molar-refractivity contribution in [1.82, 2.24) is 21.3 Å². The largest absolute Gasteiger partial charge is 0.391 e. The molecule has 0 bridgehead atoms. The lowest BCUT2D eigenvalue weighted by molar-refractivity contribution is -0.0133. The van der Waals surface area contributed by atoms with Gasteiger partial charge < -0.3 is 14.9 Å². The van der Waals surface area contributed by atoms with E-state index in [1.54, 1.807) is 7.11 Å². The van der Waals surface area contributed by atoms with E-state index in [2.05, 4.69) is 28.2 Å². The van der Waals surface area contributed by atoms with E-state index in [4.69, 9.17) is 27.9 Å². The van der Waals surface area contributed by atoms with Crippen LogP contribution in [0, 0.1) is 17.8 Å². The summed E-state index contributed by atoms with van der Waals surface area (Å²) in [5.41, 5.74) is 0. The molecule has 2 aliphatic carbocycles. The van der Waals surface area contributed by atoms with Gasteiger partial charge in [-0.1, -0.05) is 20.3 Å². The second kappa shape index (κ2) is 13.0. The highest BCUT2D eigenvalue weighted by Gasteiger charge is 2.45. The zero-order chi connectivity index (χ0) is 24.1. The third kappa shape index (κ3) is 7.14. The lowest BCUT2D eigenvalue weighted by atomic mass is 9.79. The van der Waals surface area contributed by atoms with Gasteiger partial charge in [-0.3, -0.25) is 21.3 Å². The fourth-order valence-corrected chi connectivity index (χ4v) is 6.57. The third-order valence-electron chi connectivity index (χ3n) is 7.87. The number of ether oxygens (including phenoxy) is 1. The minimum absolute atomic E-state index is 0.113. The van der Waals surface area contributed by atoms with E-state index in [0.717, 1.165) is 19.3 Å². The molecule has 7 nitrogen and oxygen atoms in total. The molecule has 1 heterocycles. The van der Waals surface area contributed by atoms with Crippen LogP contribution in [0.4, 0.5) is 4.39 Å². The van der Waals surface area contributed by atoms with Gasteiger partial charge in [-0.2, -0.15) is 0 Å². The Kier molecular flexibility index (Phi) is 10.9. The van der Waals surface area contributed by atoms with Gasteiger partial charge in [0, 0.05) is 44.6 Å². The van der Waals surface area contributed by atoms with Gasteiger partial charge in [0.1, 0.15) is 18.7 Å².